The van der Waals surface area contributed by atoms with E-state index in [-0.39, 0.29) is 5.41 Å². The van der Waals surface area contributed by atoms with Crippen LogP contribution in [0.15, 0.2) is 24.3 Å². The Morgan fingerprint density at radius 2 is 2.11 bits per heavy atom. The highest BCUT2D eigenvalue weighted by Crippen LogP contribution is 2.52. The minimum atomic E-state index is 0.0275. The zero-order valence-corrected chi connectivity index (χ0v) is 12.5. The average molecular weight is 295 g/mol. The maximum Gasteiger partial charge on any atom is 0.123 e. The predicted octanol–water partition coefficient (Wildman–Crippen LogP) is 5.20. The van der Waals surface area contributed by atoms with E-state index < -0.39 is 0 Å². The summed E-state index contributed by atoms with van der Waals surface area (Å²) < 4.78 is 0. The van der Waals surface area contributed by atoms with Crippen LogP contribution in [0.2, 0.25) is 5.02 Å². The van der Waals surface area contributed by atoms with Gasteiger partial charge in [0, 0.05) is 21.7 Å². The molecule has 0 saturated carbocycles. The van der Waals surface area contributed by atoms with Crippen molar-refractivity contribution in [2.24, 2.45) is 0 Å². The Bertz CT molecular complexity index is 661. The minimum absolute atomic E-state index is 0.0275. The van der Waals surface area contributed by atoms with E-state index in [9.17, 15) is 5.11 Å². The van der Waals surface area contributed by atoms with E-state index in [4.69, 9.17) is 23.2 Å². The molecule has 3 rings (SSSR count). The van der Waals surface area contributed by atoms with Crippen LogP contribution < -0.4 is 0 Å². The highest BCUT2D eigenvalue weighted by Gasteiger charge is 2.38. The van der Waals surface area contributed by atoms with Crippen LogP contribution in [-0.4, -0.2) is 11.0 Å². The van der Waals surface area contributed by atoms with Crippen molar-refractivity contribution in [3.8, 4) is 5.75 Å². The molecule has 0 aliphatic heterocycles. The first-order chi connectivity index (χ1) is 8.95. The molecule has 0 aromatic heterocycles. The molecule has 1 N–H and O–H groups in total. The molecule has 1 atom stereocenters. The molecule has 1 aliphatic rings. The molecule has 0 radical (unpaired) electrons. The van der Waals surface area contributed by atoms with E-state index in [1.165, 1.54) is 11.1 Å². The van der Waals surface area contributed by atoms with E-state index in [1.54, 1.807) is 0 Å². The highest BCUT2D eigenvalue weighted by atomic mass is 35.5. The fourth-order valence-electron chi connectivity index (χ4n) is 3.38. The van der Waals surface area contributed by atoms with Crippen LogP contribution in [0.1, 0.15) is 37.3 Å². The lowest BCUT2D eigenvalue weighted by molar-refractivity contribution is 0.470. The summed E-state index contributed by atoms with van der Waals surface area (Å²) in [4.78, 5) is 0. The standard InChI is InChI=1S/C16H16Cl2O/c1-16(2)7-9(8-17)14-11(16)6-13(19)10-4-3-5-12(18)15(10)14/h3-6,9,19H,7-8H2,1-2H3. The van der Waals surface area contributed by atoms with Gasteiger partial charge in [0.2, 0.25) is 0 Å². The molecule has 0 saturated heterocycles. The third-order valence-corrected chi connectivity index (χ3v) is 4.90. The van der Waals surface area contributed by atoms with Gasteiger partial charge < -0.3 is 5.11 Å². The van der Waals surface area contributed by atoms with Gasteiger partial charge in [-0.1, -0.05) is 37.6 Å². The second kappa shape index (κ2) is 4.29. The minimum Gasteiger partial charge on any atom is -0.507 e. The Hall–Kier alpha value is -0.920. The molecular weight excluding hydrogens is 279 g/mol. The second-order valence-corrected chi connectivity index (χ2v) is 6.67. The second-order valence-electron chi connectivity index (χ2n) is 5.96. The predicted molar refractivity (Wildman–Crippen MR) is 81.7 cm³/mol. The number of hydrogen-bond donors (Lipinski definition) is 1. The molecule has 19 heavy (non-hydrogen) atoms. The third kappa shape index (κ3) is 1.83. The van der Waals surface area contributed by atoms with E-state index >= 15 is 0 Å². The fraction of sp³-hybridized carbons (Fsp3) is 0.375. The molecule has 100 valence electrons. The first-order valence-electron chi connectivity index (χ1n) is 6.46. The molecule has 0 fully saturated rings. The summed E-state index contributed by atoms with van der Waals surface area (Å²) >= 11 is 12.5. The topological polar surface area (TPSA) is 20.2 Å². The lowest BCUT2D eigenvalue weighted by Gasteiger charge is -2.20. The lowest BCUT2D eigenvalue weighted by atomic mass is 9.85. The molecule has 1 aliphatic carbocycles. The molecule has 2 aromatic carbocycles. The number of benzene rings is 2. The number of fused-ring (bicyclic) bond motifs is 3. The Morgan fingerprint density at radius 3 is 2.79 bits per heavy atom. The van der Waals surface area contributed by atoms with Gasteiger partial charge in [-0.15, -0.1) is 11.6 Å². The van der Waals surface area contributed by atoms with Gasteiger partial charge in [-0.2, -0.15) is 0 Å². The maximum absolute atomic E-state index is 10.3. The molecule has 3 heteroatoms. The third-order valence-electron chi connectivity index (χ3n) is 4.21. The van der Waals surface area contributed by atoms with Gasteiger partial charge in [-0.3, -0.25) is 0 Å². The summed E-state index contributed by atoms with van der Waals surface area (Å²) in [6, 6.07) is 7.54. The molecule has 0 spiro atoms. The summed E-state index contributed by atoms with van der Waals surface area (Å²) in [5.74, 6) is 1.19. The number of aromatic hydroxyl groups is 1. The number of phenolic OH excluding ortho intramolecular Hbond substituents is 1. The van der Waals surface area contributed by atoms with Crippen molar-refractivity contribution in [3.05, 3.63) is 40.4 Å². The first kappa shape index (κ1) is 13.1. The number of hydrogen-bond acceptors (Lipinski definition) is 1. The summed E-state index contributed by atoms with van der Waals surface area (Å²) in [5, 5.41) is 12.7. The fourth-order valence-corrected chi connectivity index (χ4v) is 3.92. The van der Waals surface area contributed by atoms with Crippen LogP contribution >= 0.6 is 23.2 Å². The van der Waals surface area contributed by atoms with Crippen LogP contribution in [0.25, 0.3) is 10.8 Å². The van der Waals surface area contributed by atoms with Crippen molar-refractivity contribution in [2.45, 2.75) is 31.6 Å². The summed E-state index contributed by atoms with van der Waals surface area (Å²) in [6.45, 7) is 4.39. The van der Waals surface area contributed by atoms with Gasteiger partial charge >= 0.3 is 0 Å². The lowest BCUT2D eigenvalue weighted by Crippen LogP contribution is -2.12. The molecule has 1 nitrogen and oxygen atoms in total. The number of alkyl halides is 1. The van der Waals surface area contributed by atoms with Crippen molar-refractivity contribution in [1.82, 2.24) is 0 Å². The van der Waals surface area contributed by atoms with Crippen LogP contribution in [0.3, 0.4) is 0 Å². The molecule has 0 heterocycles. The van der Waals surface area contributed by atoms with Crippen LogP contribution in [0.4, 0.5) is 0 Å². The summed E-state index contributed by atoms with van der Waals surface area (Å²) in [5.41, 5.74) is 2.43. The molecular formula is C16H16Cl2O. The van der Waals surface area contributed by atoms with Crippen molar-refractivity contribution >= 4 is 34.0 Å². The number of phenols is 1. The normalized spacial score (nSPS) is 20.7. The Morgan fingerprint density at radius 1 is 1.37 bits per heavy atom. The van der Waals surface area contributed by atoms with Gasteiger partial charge in [0.25, 0.3) is 0 Å². The molecule has 0 bridgehead atoms. The molecule has 2 aromatic rings. The quantitative estimate of drug-likeness (QED) is 0.717. The molecule has 0 amide bonds. The summed E-state index contributed by atoms with van der Waals surface area (Å²) in [7, 11) is 0. The van der Waals surface area contributed by atoms with E-state index in [1.807, 2.05) is 24.3 Å². The van der Waals surface area contributed by atoms with Crippen LogP contribution in [0.5, 0.6) is 5.75 Å². The van der Waals surface area contributed by atoms with Gasteiger partial charge in [0.05, 0.1) is 0 Å². The van der Waals surface area contributed by atoms with Gasteiger partial charge in [0.1, 0.15) is 5.75 Å². The Balaban J connectivity index is 2.47. The van der Waals surface area contributed by atoms with Crippen molar-refractivity contribution in [1.29, 1.82) is 0 Å². The smallest absolute Gasteiger partial charge is 0.123 e. The number of halogens is 2. The Labute approximate surface area is 123 Å². The largest absolute Gasteiger partial charge is 0.507 e. The highest BCUT2D eigenvalue weighted by molar-refractivity contribution is 6.36. The number of rotatable bonds is 1. The van der Waals surface area contributed by atoms with Crippen LogP contribution in [0, 0.1) is 0 Å². The van der Waals surface area contributed by atoms with Crippen LogP contribution in [-0.2, 0) is 5.41 Å². The zero-order chi connectivity index (χ0) is 13.8. The van der Waals surface area contributed by atoms with E-state index in [2.05, 4.69) is 13.8 Å². The average Bonchev–Trinajstić information content (AvgIpc) is 2.62. The zero-order valence-electron chi connectivity index (χ0n) is 11.0. The SMILES string of the molecule is CC1(C)CC(CCl)c2c1cc(O)c1cccc(Cl)c21. The first-order valence-corrected chi connectivity index (χ1v) is 7.37. The van der Waals surface area contributed by atoms with E-state index in [0.29, 0.717) is 22.6 Å². The molecule has 1 unspecified atom stereocenters. The maximum atomic E-state index is 10.3. The van der Waals surface area contributed by atoms with E-state index in [0.717, 1.165) is 17.2 Å². The van der Waals surface area contributed by atoms with Crippen molar-refractivity contribution < 1.29 is 5.11 Å². The van der Waals surface area contributed by atoms with Gasteiger partial charge in [0.15, 0.2) is 0 Å². The van der Waals surface area contributed by atoms with Crippen molar-refractivity contribution in [2.75, 3.05) is 5.88 Å². The van der Waals surface area contributed by atoms with Gasteiger partial charge in [-0.25, -0.2) is 0 Å². The summed E-state index contributed by atoms with van der Waals surface area (Å²) in [6.07, 6.45) is 0.996. The van der Waals surface area contributed by atoms with Gasteiger partial charge in [-0.05, 0) is 41.0 Å². The monoisotopic (exact) mass is 294 g/mol. The Kier molecular flexibility index (Phi) is 2.95. The van der Waals surface area contributed by atoms with Crippen molar-refractivity contribution in [3.63, 3.8) is 0 Å².